The van der Waals surface area contributed by atoms with Gasteiger partial charge in [-0.2, -0.15) is 0 Å². The molecular formula is C14H12FIN2O2. The van der Waals surface area contributed by atoms with Crippen LogP contribution in [0.5, 0.6) is 5.75 Å². The molecule has 1 heterocycles. The topological polar surface area (TPSA) is 55.0 Å². The molecule has 0 amide bonds. The number of hydrogen-bond donors (Lipinski definition) is 1. The van der Waals surface area contributed by atoms with Gasteiger partial charge in [0, 0.05) is 11.5 Å². The summed E-state index contributed by atoms with van der Waals surface area (Å²) in [7, 11) is 1.41. The summed E-state index contributed by atoms with van der Waals surface area (Å²) in [5, 5.41) is 0. The van der Waals surface area contributed by atoms with Gasteiger partial charge in [0.25, 0.3) is 5.56 Å². The Morgan fingerprint density at radius 1 is 1.45 bits per heavy atom. The molecule has 104 valence electrons. The number of ether oxygens (including phenoxy) is 1. The lowest BCUT2D eigenvalue weighted by molar-refractivity contribution is 0.386. The lowest BCUT2D eigenvalue weighted by Gasteiger charge is -2.07. The normalized spacial score (nSPS) is 14.3. The first-order valence-electron chi connectivity index (χ1n) is 6.23. The summed E-state index contributed by atoms with van der Waals surface area (Å²) >= 11 is 2.01. The highest BCUT2D eigenvalue weighted by Crippen LogP contribution is 2.40. The van der Waals surface area contributed by atoms with Crippen molar-refractivity contribution in [3.8, 4) is 17.1 Å². The average molecular weight is 386 g/mol. The molecule has 1 saturated carbocycles. The molecule has 20 heavy (non-hydrogen) atoms. The van der Waals surface area contributed by atoms with Crippen LogP contribution >= 0.6 is 22.6 Å². The van der Waals surface area contributed by atoms with Gasteiger partial charge in [-0.3, -0.25) is 4.79 Å². The number of nitrogens with one attached hydrogen (secondary N) is 1. The van der Waals surface area contributed by atoms with Gasteiger partial charge >= 0.3 is 0 Å². The zero-order chi connectivity index (χ0) is 14.3. The number of H-pyrrole nitrogens is 1. The summed E-state index contributed by atoms with van der Waals surface area (Å²) in [6.45, 7) is 0. The van der Waals surface area contributed by atoms with Crippen molar-refractivity contribution >= 4 is 22.6 Å². The lowest BCUT2D eigenvalue weighted by atomic mass is 10.2. The van der Waals surface area contributed by atoms with Crippen molar-refractivity contribution in [2.45, 2.75) is 18.8 Å². The largest absolute Gasteiger partial charge is 0.494 e. The van der Waals surface area contributed by atoms with E-state index in [1.807, 2.05) is 22.6 Å². The molecule has 3 rings (SSSR count). The summed E-state index contributed by atoms with van der Waals surface area (Å²) in [4.78, 5) is 19.1. The van der Waals surface area contributed by atoms with E-state index in [1.54, 1.807) is 6.07 Å². The molecule has 2 aromatic rings. The van der Waals surface area contributed by atoms with E-state index in [2.05, 4.69) is 9.97 Å². The Hall–Kier alpha value is -1.44. The van der Waals surface area contributed by atoms with Crippen molar-refractivity contribution < 1.29 is 9.13 Å². The zero-order valence-corrected chi connectivity index (χ0v) is 12.9. The Bertz CT molecular complexity index is 726. The van der Waals surface area contributed by atoms with Crippen LogP contribution in [0.4, 0.5) is 4.39 Å². The third-order valence-corrected chi connectivity index (χ3v) is 4.32. The molecule has 4 nitrogen and oxygen atoms in total. The highest BCUT2D eigenvalue weighted by molar-refractivity contribution is 14.1. The Morgan fingerprint density at radius 2 is 2.20 bits per heavy atom. The van der Waals surface area contributed by atoms with Crippen molar-refractivity contribution in [3.05, 3.63) is 43.6 Å². The second-order valence-electron chi connectivity index (χ2n) is 4.74. The molecule has 1 aromatic carbocycles. The summed E-state index contributed by atoms with van der Waals surface area (Å²) in [5.41, 5.74) is 1.19. The minimum absolute atomic E-state index is 0.170. The van der Waals surface area contributed by atoms with Crippen LogP contribution < -0.4 is 10.3 Å². The maximum Gasteiger partial charge on any atom is 0.264 e. The van der Waals surface area contributed by atoms with Crippen LogP contribution in [-0.2, 0) is 0 Å². The van der Waals surface area contributed by atoms with Gasteiger partial charge in [0.1, 0.15) is 5.82 Å². The third-order valence-electron chi connectivity index (χ3n) is 3.28. The molecule has 0 aliphatic heterocycles. The van der Waals surface area contributed by atoms with E-state index >= 15 is 0 Å². The molecule has 0 radical (unpaired) electrons. The minimum Gasteiger partial charge on any atom is -0.494 e. The number of benzene rings is 1. The predicted octanol–water partition coefficient (Wildman–Crippen LogP) is 3.07. The monoisotopic (exact) mass is 386 g/mol. The van der Waals surface area contributed by atoms with E-state index in [4.69, 9.17) is 4.74 Å². The van der Waals surface area contributed by atoms with E-state index in [9.17, 15) is 9.18 Å². The first kappa shape index (κ1) is 13.5. The number of aromatic amines is 1. The molecular weight excluding hydrogens is 374 g/mol. The Kier molecular flexibility index (Phi) is 3.49. The summed E-state index contributed by atoms with van der Waals surface area (Å²) in [5.74, 6) is 0.466. The quantitative estimate of drug-likeness (QED) is 0.826. The van der Waals surface area contributed by atoms with E-state index < -0.39 is 5.82 Å². The van der Waals surface area contributed by atoms with Crippen LogP contribution in [0.1, 0.15) is 24.5 Å². The highest BCUT2D eigenvalue weighted by atomic mass is 127. The van der Waals surface area contributed by atoms with Gasteiger partial charge in [0.15, 0.2) is 11.6 Å². The highest BCUT2D eigenvalue weighted by Gasteiger charge is 2.29. The maximum absolute atomic E-state index is 13.7. The summed E-state index contributed by atoms with van der Waals surface area (Å²) in [6.07, 6.45) is 2.12. The number of hydrogen-bond acceptors (Lipinski definition) is 3. The molecule has 0 saturated heterocycles. The number of methoxy groups -OCH3 is 1. The van der Waals surface area contributed by atoms with Crippen LogP contribution in [0.2, 0.25) is 0 Å². The van der Waals surface area contributed by atoms with Crippen molar-refractivity contribution in [1.82, 2.24) is 9.97 Å². The van der Waals surface area contributed by atoms with Crippen LogP contribution in [0, 0.1) is 9.39 Å². The number of nitrogens with zero attached hydrogens (tertiary/aromatic N) is 1. The van der Waals surface area contributed by atoms with Crippen molar-refractivity contribution in [2.75, 3.05) is 7.11 Å². The second kappa shape index (κ2) is 5.16. The van der Waals surface area contributed by atoms with Crippen molar-refractivity contribution in [3.63, 3.8) is 0 Å². The summed E-state index contributed by atoms with van der Waals surface area (Å²) < 4.78 is 19.3. The van der Waals surface area contributed by atoms with E-state index in [0.29, 0.717) is 20.9 Å². The molecule has 1 N–H and O–H groups in total. The fraction of sp³-hybridized carbons (Fsp3) is 0.286. The molecule has 0 spiro atoms. The fourth-order valence-electron chi connectivity index (χ4n) is 2.05. The second-order valence-corrected chi connectivity index (χ2v) is 5.82. The molecule has 0 unspecified atom stereocenters. The Morgan fingerprint density at radius 3 is 2.80 bits per heavy atom. The first-order valence-corrected chi connectivity index (χ1v) is 7.31. The predicted molar refractivity (Wildman–Crippen MR) is 81.5 cm³/mol. The third kappa shape index (κ3) is 2.44. The molecule has 1 aliphatic carbocycles. The van der Waals surface area contributed by atoms with Gasteiger partial charge < -0.3 is 9.72 Å². The summed E-state index contributed by atoms with van der Waals surface area (Å²) in [6, 6.07) is 4.53. The first-order chi connectivity index (χ1) is 9.60. The van der Waals surface area contributed by atoms with Gasteiger partial charge in [-0.25, -0.2) is 9.37 Å². The van der Waals surface area contributed by atoms with Gasteiger partial charge in [-0.15, -0.1) is 0 Å². The van der Waals surface area contributed by atoms with Crippen LogP contribution in [0.15, 0.2) is 23.0 Å². The van der Waals surface area contributed by atoms with Gasteiger partial charge in [-0.05, 0) is 53.6 Å². The van der Waals surface area contributed by atoms with Crippen LogP contribution in [-0.4, -0.2) is 17.1 Å². The van der Waals surface area contributed by atoms with Crippen LogP contribution in [0.3, 0.4) is 0 Å². The minimum atomic E-state index is -0.473. The number of halogens is 2. The Labute approximate surface area is 128 Å². The maximum atomic E-state index is 13.7. The molecule has 1 aromatic heterocycles. The number of rotatable bonds is 3. The Balaban J connectivity index is 2.10. The van der Waals surface area contributed by atoms with Crippen molar-refractivity contribution in [2.24, 2.45) is 0 Å². The molecule has 6 heteroatoms. The van der Waals surface area contributed by atoms with E-state index in [1.165, 1.54) is 19.2 Å². The zero-order valence-electron chi connectivity index (χ0n) is 10.7. The van der Waals surface area contributed by atoms with Crippen molar-refractivity contribution in [1.29, 1.82) is 0 Å². The van der Waals surface area contributed by atoms with Gasteiger partial charge in [-0.1, -0.05) is 0 Å². The molecule has 0 atom stereocenters. The molecule has 1 aliphatic rings. The van der Waals surface area contributed by atoms with Crippen LogP contribution in [0.25, 0.3) is 11.4 Å². The number of aromatic nitrogens is 2. The molecule has 0 bridgehead atoms. The van der Waals surface area contributed by atoms with Gasteiger partial charge in [0.2, 0.25) is 0 Å². The molecule has 1 fully saturated rings. The lowest BCUT2D eigenvalue weighted by Crippen LogP contribution is -2.16. The SMILES string of the molecule is COc1ccc(-c2nc(C3CC3)c(I)c(=O)[nH]2)cc1F. The standard InChI is InChI=1S/C14H12FIN2O2/c1-20-10-5-4-8(6-9(10)15)13-17-12(7-2-3-7)11(16)14(19)18-13/h4-7H,2-3H2,1H3,(H,17,18,19). The van der Waals surface area contributed by atoms with E-state index in [0.717, 1.165) is 18.5 Å². The smallest absolute Gasteiger partial charge is 0.264 e. The fourth-order valence-corrected chi connectivity index (χ4v) is 2.75. The average Bonchev–Trinajstić information content (AvgIpc) is 3.26. The van der Waals surface area contributed by atoms with Gasteiger partial charge in [0.05, 0.1) is 16.4 Å². The van der Waals surface area contributed by atoms with E-state index in [-0.39, 0.29) is 11.3 Å².